The van der Waals surface area contributed by atoms with Gasteiger partial charge in [-0.3, -0.25) is 14.4 Å². The third-order valence-corrected chi connectivity index (χ3v) is 6.58. The Hall–Kier alpha value is -3.72. The van der Waals surface area contributed by atoms with Crippen molar-refractivity contribution in [3.8, 4) is 5.75 Å². The average molecular weight is 516 g/mol. The Morgan fingerprint density at radius 3 is 2.42 bits per heavy atom. The molecule has 0 aliphatic carbocycles. The molecule has 1 unspecified atom stereocenters. The maximum atomic E-state index is 15.1. The molecule has 1 fully saturated rings. The zero-order chi connectivity index (χ0) is 26.0. The monoisotopic (exact) mass is 515 g/mol. The fraction of sp³-hybridized carbons (Fsp3) is 0.269. The number of benzene rings is 2. The van der Waals surface area contributed by atoms with Gasteiger partial charge in [0, 0.05) is 60.0 Å². The van der Waals surface area contributed by atoms with Crippen molar-refractivity contribution in [1.82, 2.24) is 9.88 Å². The molecule has 2 amide bonds. The van der Waals surface area contributed by atoms with Crippen molar-refractivity contribution in [3.63, 3.8) is 0 Å². The first-order valence-electron chi connectivity index (χ1n) is 11.3. The predicted octanol–water partition coefficient (Wildman–Crippen LogP) is 3.99. The third-order valence-electron chi connectivity index (χ3n) is 6.33. The molecule has 36 heavy (non-hydrogen) atoms. The number of methoxy groups -OCH3 is 1. The first-order chi connectivity index (χ1) is 17.2. The van der Waals surface area contributed by atoms with Crippen molar-refractivity contribution < 1.29 is 23.1 Å². The maximum Gasteiger partial charge on any atom is 0.274 e. The van der Waals surface area contributed by atoms with Crippen LogP contribution >= 0.6 is 11.6 Å². The molecule has 1 aliphatic rings. The van der Waals surface area contributed by atoms with Crippen molar-refractivity contribution in [3.05, 3.63) is 92.9 Å². The Morgan fingerprint density at radius 1 is 1.14 bits per heavy atom. The van der Waals surface area contributed by atoms with Gasteiger partial charge in [0.25, 0.3) is 11.5 Å². The first-order valence-corrected chi connectivity index (χ1v) is 11.7. The highest BCUT2D eigenvalue weighted by atomic mass is 35.5. The number of rotatable bonds is 7. The lowest BCUT2D eigenvalue weighted by Crippen LogP contribution is -2.37. The summed E-state index contributed by atoms with van der Waals surface area (Å²) < 4.78 is 36.5. The molecule has 1 saturated heterocycles. The van der Waals surface area contributed by atoms with Crippen LogP contribution in [-0.4, -0.2) is 36.6 Å². The molecule has 0 spiro atoms. The number of hydrogen-bond acceptors (Lipinski definition) is 4. The number of aryl methyl sites for hydroxylation is 1. The summed E-state index contributed by atoms with van der Waals surface area (Å²) >= 11 is 5.87. The van der Waals surface area contributed by atoms with Gasteiger partial charge >= 0.3 is 0 Å². The number of carbonyl (C=O) groups excluding carboxylic acids is 2. The highest BCUT2D eigenvalue weighted by Crippen LogP contribution is 2.39. The second-order valence-electron chi connectivity index (χ2n) is 8.37. The molecule has 2 aromatic carbocycles. The zero-order valence-electron chi connectivity index (χ0n) is 19.6. The SMILES string of the molecule is CCn1cccc(N2C[C@@H](c3c(F)cc(OC)cc3F)C(CNC(=O)c3ccc(Cl)cc3)C2=O)c1=O. The molecule has 4 rings (SSSR count). The van der Waals surface area contributed by atoms with Gasteiger partial charge in [0.2, 0.25) is 5.91 Å². The predicted molar refractivity (Wildman–Crippen MR) is 132 cm³/mol. The van der Waals surface area contributed by atoms with Crippen LogP contribution in [0.15, 0.2) is 59.5 Å². The number of pyridine rings is 1. The Morgan fingerprint density at radius 2 is 1.81 bits per heavy atom. The highest BCUT2D eigenvalue weighted by molar-refractivity contribution is 6.30. The van der Waals surface area contributed by atoms with Crippen LogP contribution in [-0.2, 0) is 11.3 Å². The molecule has 1 aliphatic heterocycles. The fourth-order valence-corrected chi connectivity index (χ4v) is 4.57. The quantitative estimate of drug-likeness (QED) is 0.516. The topological polar surface area (TPSA) is 80.6 Å². The molecule has 1 aromatic heterocycles. The Balaban J connectivity index is 1.70. The van der Waals surface area contributed by atoms with E-state index < -0.39 is 40.8 Å². The van der Waals surface area contributed by atoms with Gasteiger partial charge in [0.05, 0.1) is 13.0 Å². The molecular weight excluding hydrogens is 492 g/mol. The summed E-state index contributed by atoms with van der Waals surface area (Å²) in [6.45, 7) is 1.85. The van der Waals surface area contributed by atoms with Crippen LogP contribution in [0.25, 0.3) is 0 Å². The van der Waals surface area contributed by atoms with E-state index in [4.69, 9.17) is 16.3 Å². The number of halogens is 3. The van der Waals surface area contributed by atoms with Gasteiger partial charge in [-0.25, -0.2) is 8.78 Å². The minimum Gasteiger partial charge on any atom is -0.497 e. The van der Waals surface area contributed by atoms with Crippen molar-refractivity contribution in [2.24, 2.45) is 5.92 Å². The lowest BCUT2D eigenvalue weighted by molar-refractivity contribution is -0.120. The second kappa shape index (κ2) is 10.5. The van der Waals surface area contributed by atoms with Gasteiger partial charge in [0.15, 0.2) is 0 Å². The first kappa shape index (κ1) is 25.4. The number of nitrogens with one attached hydrogen (secondary N) is 1. The zero-order valence-corrected chi connectivity index (χ0v) is 20.4. The number of ether oxygens (including phenoxy) is 1. The number of anilines is 1. The standard InChI is InChI=1S/C26H24ClF2N3O4/c1-3-31-10-4-5-22(26(31)35)32-14-19(23-20(28)11-17(36-2)12-21(23)29)18(25(32)34)13-30-24(33)15-6-8-16(27)9-7-15/h4-12,18-19H,3,13-14H2,1-2H3,(H,30,33)/t18?,19-/m1/s1. The molecule has 0 radical (unpaired) electrons. The molecule has 3 aromatic rings. The number of carbonyl (C=O) groups is 2. The van der Waals surface area contributed by atoms with E-state index in [0.29, 0.717) is 17.1 Å². The summed E-state index contributed by atoms with van der Waals surface area (Å²) in [4.78, 5) is 40.3. The molecule has 2 atom stereocenters. The van der Waals surface area contributed by atoms with Crippen molar-refractivity contribution in [2.45, 2.75) is 19.4 Å². The van der Waals surface area contributed by atoms with Gasteiger partial charge in [0.1, 0.15) is 23.1 Å². The molecule has 0 saturated carbocycles. The smallest absolute Gasteiger partial charge is 0.274 e. The van der Waals surface area contributed by atoms with Crippen molar-refractivity contribution >= 4 is 29.1 Å². The number of hydrogen-bond donors (Lipinski definition) is 1. The third kappa shape index (κ3) is 4.83. The van der Waals surface area contributed by atoms with E-state index in [0.717, 1.165) is 12.1 Å². The summed E-state index contributed by atoms with van der Waals surface area (Å²) in [5, 5.41) is 3.14. The summed E-state index contributed by atoms with van der Waals surface area (Å²) in [5.41, 5.74) is -0.276. The van der Waals surface area contributed by atoms with Gasteiger partial charge in [-0.2, -0.15) is 0 Å². The molecule has 2 heterocycles. The van der Waals surface area contributed by atoms with Crippen LogP contribution in [0.1, 0.15) is 28.8 Å². The largest absolute Gasteiger partial charge is 0.497 e. The molecule has 188 valence electrons. The molecule has 0 bridgehead atoms. The van der Waals surface area contributed by atoms with E-state index in [2.05, 4.69) is 5.32 Å². The van der Waals surface area contributed by atoms with Crippen LogP contribution in [0.5, 0.6) is 5.75 Å². The summed E-state index contributed by atoms with van der Waals surface area (Å²) in [5.74, 6) is -4.73. The van der Waals surface area contributed by atoms with Gasteiger partial charge in [-0.05, 0) is 43.3 Å². The number of amides is 2. The van der Waals surface area contributed by atoms with Crippen LogP contribution in [0, 0.1) is 17.6 Å². The van der Waals surface area contributed by atoms with Gasteiger partial charge < -0.3 is 19.5 Å². The van der Waals surface area contributed by atoms with Crippen molar-refractivity contribution in [1.29, 1.82) is 0 Å². The molecule has 7 nitrogen and oxygen atoms in total. The molecule has 1 N–H and O–H groups in total. The number of aromatic nitrogens is 1. The Bertz CT molecular complexity index is 1340. The van der Waals surface area contributed by atoms with Crippen LogP contribution < -0.4 is 20.5 Å². The van der Waals surface area contributed by atoms with Crippen molar-refractivity contribution in [2.75, 3.05) is 25.1 Å². The second-order valence-corrected chi connectivity index (χ2v) is 8.80. The van der Waals surface area contributed by atoms with E-state index >= 15 is 8.78 Å². The number of nitrogens with zero attached hydrogens (tertiary/aromatic N) is 2. The summed E-state index contributed by atoms with van der Waals surface area (Å²) in [7, 11) is 1.29. The van der Waals surface area contributed by atoms with Gasteiger partial charge in [-0.1, -0.05) is 11.6 Å². The van der Waals surface area contributed by atoms with Crippen LogP contribution in [0.4, 0.5) is 14.5 Å². The molecular formula is C26H24ClF2N3O4. The molecule has 10 heteroatoms. The van der Waals surface area contributed by atoms with Gasteiger partial charge in [-0.15, -0.1) is 0 Å². The average Bonchev–Trinajstić information content (AvgIpc) is 3.17. The van der Waals surface area contributed by atoms with E-state index in [-0.39, 0.29) is 30.1 Å². The maximum absolute atomic E-state index is 15.1. The normalized spacial score (nSPS) is 17.4. The van der Waals surface area contributed by atoms with E-state index in [9.17, 15) is 14.4 Å². The summed E-state index contributed by atoms with van der Waals surface area (Å²) in [6.07, 6.45) is 1.59. The fourth-order valence-electron chi connectivity index (χ4n) is 4.44. The van der Waals surface area contributed by atoms with E-state index in [1.807, 2.05) is 0 Å². The Labute approximate surface area is 211 Å². The lowest BCUT2D eigenvalue weighted by Gasteiger charge is -2.19. The minimum absolute atomic E-state index is 0.00332. The van der Waals surface area contributed by atoms with Crippen LogP contribution in [0.3, 0.4) is 0 Å². The summed E-state index contributed by atoms with van der Waals surface area (Å²) in [6, 6.07) is 11.4. The van der Waals surface area contributed by atoms with E-state index in [1.54, 1.807) is 31.3 Å². The Kier molecular flexibility index (Phi) is 7.40. The van der Waals surface area contributed by atoms with E-state index in [1.165, 1.54) is 34.8 Å². The lowest BCUT2D eigenvalue weighted by atomic mass is 9.87. The van der Waals surface area contributed by atoms with Crippen LogP contribution in [0.2, 0.25) is 5.02 Å². The minimum atomic E-state index is -1.02. The highest BCUT2D eigenvalue weighted by Gasteiger charge is 2.45.